The Bertz CT molecular complexity index is 422. The van der Waals surface area contributed by atoms with E-state index in [0.29, 0.717) is 25.3 Å². The predicted molar refractivity (Wildman–Crippen MR) is 71.1 cm³/mol. The summed E-state index contributed by atoms with van der Waals surface area (Å²) in [4.78, 5) is 18.1. The number of morpholine rings is 1. The molecule has 1 fully saturated rings. The van der Waals surface area contributed by atoms with Crippen molar-refractivity contribution < 1.29 is 14.6 Å². The highest BCUT2D eigenvalue weighted by molar-refractivity contribution is 5.94. The molecule has 0 saturated carbocycles. The van der Waals surface area contributed by atoms with Gasteiger partial charge in [-0.2, -0.15) is 0 Å². The number of nitrogens with zero attached hydrogens (tertiary/aromatic N) is 2. The zero-order valence-electron chi connectivity index (χ0n) is 11.0. The molecule has 6 nitrogen and oxygen atoms in total. The number of carbonyl (C=O) groups is 1. The summed E-state index contributed by atoms with van der Waals surface area (Å²) in [6.07, 6.45) is 1.29. The molecule has 2 rings (SSSR count). The average Bonchev–Trinajstić information content (AvgIpc) is 2.48. The van der Waals surface area contributed by atoms with Gasteiger partial charge < -0.3 is 20.1 Å². The van der Waals surface area contributed by atoms with Crippen LogP contribution in [0, 0.1) is 0 Å². The molecule has 19 heavy (non-hydrogen) atoms. The second-order valence-electron chi connectivity index (χ2n) is 4.39. The number of rotatable bonds is 4. The molecule has 0 radical (unpaired) electrons. The molecule has 1 saturated heterocycles. The van der Waals surface area contributed by atoms with Gasteiger partial charge in [0.15, 0.2) is 0 Å². The standard InChI is InChI=1S/C13H19N3O3/c1-2-14-12-4-3-10(7-15-12)13(18)16-5-6-19-11(8-16)9-17/h3-4,7,11,17H,2,5-6,8-9H2,1H3,(H,14,15). The first-order valence-electron chi connectivity index (χ1n) is 6.46. The molecule has 104 valence electrons. The lowest BCUT2D eigenvalue weighted by Crippen LogP contribution is -2.46. The van der Waals surface area contributed by atoms with E-state index >= 15 is 0 Å². The minimum Gasteiger partial charge on any atom is -0.394 e. The highest BCUT2D eigenvalue weighted by Crippen LogP contribution is 2.11. The molecule has 1 unspecified atom stereocenters. The Morgan fingerprint density at radius 3 is 3.11 bits per heavy atom. The summed E-state index contributed by atoms with van der Waals surface area (Å²) in [5.74, 6) is 0.687. The molecule has 0 aliphatic carbocycles. The molecule has 0 bridgehead atoms. The van der Waals surface area contributed by atoms with Gasteiger partial charge in [-0.3, -0.25) is 4.79 Å². The number of nitrogens with one attached hydrogen (secondary N) is 1. The Morgan fingerprint density at radius 2 is 2.47 bits per heavy atom. The number of aliphatic hydroxyl groups excluding tert-OH is 1. The minimum absolute atomic E-state index is 0.0681. The predicted octanol–water partition coefficient (Wildman–Crippen LogP) is 0.347. The van der Waals surface area contributed by atoms with E-state index in [1.807, 2.05) is 6.92 Å². The number of amides is 1. The molecule has 0 aromatic carbocycles. The summed E-state index contributed by atoms with van der Waals surface area (Å²) in [6, 6.07) is 3.55. The highest BCUT2D eigenvalue weighted by atomic mass is 16.5. The lowest BCUT2D eigenvalue weighted by molar-refractivity contribution is -0.0447. The van der Waals surface area contributed by atoms with E-state index in [1.54, 1.807) is 23.2 Å². The molecule has 6 heteroatoms. The third kappa shape index (κ3) is 3.42. The summed E-state index contributed by atoms with van der Waals surface area (Å²) in [5.41, 5.74) is 0.556. The summed E-state index contributed by atoms with van der Waals surface area (Å²) >= 11 is 0. The number of carbonyl (C=O) groups excluding carboxylic acids is 1. The molecule has 2 heterocycles. The van der Waals surface area contributed by atoms with Crippen molar-refractivity contribution in [2.45, 2.75) is 13.0 Å². The van der Waals surface area contributed by atoms with Gasteiger partial charge in [0, 0.05) is 25.8 Å². The van der Waals surface area contributed by atoms with Crippen LogP contribution < -0.4 is 5.32 Å². The number of ether oxygens (including phenoxy) is 1. The third-order valence-electron chi connectivity index (χ3n) is 3.00. The molecule has 1 aliphatic heterocycles. The maximum absolute atomic E-state index is 12.3. The Labute approximate surface area is 112 Å². The number of hydrogen-bond acceptors (Lipinski definition) is 5. The fourth-order valence-corrected chi connectivity index (χ4v) is 2.00. The maximum Gasteiger partial charge on any atom is 0.255 e. The Balaban J connectivity index is 2.02. The topological polar surface area (TPSA) is 74.7 Å². The normalized spacial score (nSPS) is 19.3. The molecule has 1 aromatic heterocycles. The number of pyridine rings is 1. The number of aliphatic hydroxyl groups is 1. The zero-order chi connectivity index (χ0) is 13.7. The van der Waals surface area contributed by atoms with Gasteiger partial charge in [-0.1, -0.05) is 0 Å². The Kier molecular flexibility index (Phi) is 4.70. The summed E-state index contributed by atoms with van der Waals surface area (Å²) in [6.45, 7) is 4.14. The molecule has 1 aromatic rings. The molecule has 2 N–H and O–H groups in total. The average molecular weight is 265 g/mol. The van der Waals surface area contributed by atoms with E-state index in [2.05, 4.69) is 10.3 Å². The minimum atomic E-state index is -0.285. The highest BCUT2D eigenvalue weighted by Gasteiger charge is 2.24. The van der Waals surface area contributed by atoms with E-state index < -0.39 is 0 Å². The fourth-order valence-electron chi connectivity index (χ4n) is 2.00. The smallest absolute Gasteiger partial charge is 0.255 e. The van der Waals surface area contributed by atoms with Crippen LogP contribution in [0.3, 0.4) is 0 Å². The van der Waals surface area contributed by atoms with Crippen molar-refractivity contribution in [3.8, 4) is 0 Å². The molecular formula is C13H19N3O3. The van der Waals surface area contributed by atoms with Crippen molar-refractivity contribution in [3.63, 3.8) is 0 Å². The lowest BCUT2D eigenvalue weighted by Gasteiger charge is -2.32. The third-order valence-corrected chi connectivity index (χ3v) is 3.00. The van der Waals surface area contributed by atoms with Gasteiger partial charge in [-0.25, -0.2) is 4.98 Å². The van der Waals surface area contributed by atoms with Crippen LogP contribution in [0.5, 0.6) is 0 Å². The second-order valence-corrected chi connectivity index (χ2v) is 4.39. The molecule has 0 spiro atoms. The van der Waals surface area contributed by atoms with Gasteiger partial charge in [0.2, 0.25) is 0 Å². The van der Waals surface area contributed by atoms with Crippen LogP contribution in [0.1, 0.15) is 17.3 Å². The van der Waals surface area contributed by atoms with E-state index in [0.717, 1.165) is 12.4 Å². The first-order chi connectivity index (χ1) is 9.24. The fraction of sp³-hybridized carbons (Fsp3) is 0.538. The van der Waals surface area contributed by atoms with Crippen LogP contribution in [-0.2, 0) is 4.74 Å². The van der Waals surface area contributed by atoms with Crippen molar-refractivity contribution >= 4 is 11.7 Å². The molecular weight excluding hydrogens is 246 g/mol. The Hall–Kier alpha value is -1.66. The number of hydrogen-bond donors (Lipinski definition) is 2. The zero-order valence-corrected chi connectivity index (χ0v) is 11.0. The first-order valence-corrected chi connectivity index (χ1v) is 6.46. The second kappa shape index (κ2) is 6.49. The quantitative estimate of drug-likeness (QED) is 0.821. The van der Waals surface area contributed by atoms with Crippen LogP contribution in [0.2, 0.25) is 0 Å². The van der Waals surface area contributed by atoms with Crippen LogP contribution in [0.25, 0.3) is 0 Å². The van der Waals surface area contributed by atoms with Crippen molar-refractivity contribution in [3.05, 3.63) is 23.9 Å². The van der Waals surface area contributed by atoms with Crippen molar-refractivity contribution in [2.75, 3.05) is 38.2 Å². The maximum atomic E-state index is 12.3. The van der Waals surface area contributed by atoms with Crippen LogP contribution >= 0.6 is 0 Å². The van der Waals surface area contributed by atoms with Crippen LogP contribution in [0.15, 0.2) is 18.3 Å². The summed E-state index contributed by atoms with van der Waals surface area (Å²) < 4.78 is 5.32. The van der Waals surface area contributed by atoms with Gasteiger partial charge in [-0.15, -0.1) is 0 Å². The largest absolute Gasteiger partial charge is 0.394 e. The lowest BCUT2D eigenvalue weighted by atomic mass is 10.2. The van der Waals surface area contributed by atoms with Gasteiger partial charge >= 0.3 is 0 Å². The number of aromatic nitrogens is 1. The van der Waals surface area contributed by atoms with Crippen LogP contribution in [0.4, 0.5) is 5.82 Å². The molecule has 1 aliphatic rings. The van der Waals surface area contributed by atoms with Gasteiger partial charge in [-0.05, 0) is 19.1 Å². The van der Waals surface area contributed by atoms with Gasteiger partial charge in [0.1, 0.15) is 5.82 Å². The van der Waals surface area contributed by atoms with E-state index in [4.69, 9.17) is 9.84 Å². The van der Waals surface area contributed by atoms with E-state index in [9.17, 15) is 4.79 Å². The van der Waals surface area contributed by atoms with Gasteiger partial charge in [0.25, 0.3) is 5.91 Å². The van der Waals surface area contributed by atoms with E-state index in [1.165, 1.54) is 0 Å². The summed E-state index contributed by atoms with van der Waals surface area (Å²) in [5, 5.41) is 12.2. The first kappa shape index (κ1) is 13.8. The van der Waals surface area contributed by atoms with E-state index in [-0.39, 0.29) is 18.6 Å². The molecule has 1 atom stereocenters. The SMILES string of the molecule is CCNc1ccc(C(=O)N2CCOC(CO)C2)cn1. The van der Waals surface area contributed by atoms with Crippen molar-refractivity contribution in [1.29, 1.82) is 0 Å². The van der Waals surface area contributed by atoms with Crippen molar-refractivity contribution in [1.82, 2.24) is 9.88 Å². The van der Waals surface area contributed by atoms with Crippen molar-refractivity contribution in [2.24, 2.45) is 0 Å². The Morgan fingerprint density at radius 1 is 1.63 bits per heavy atom. The number of anilines is 1. The molecule has 1 amide bonds. The monoisotopic (exact) mass is 265 g/mol. The summed E-state index contributed by atoms with van der Waals surface area (Å²) in [7, 11) is 0. The van der Waals surface area contributed by atoms with Crippen LogP contribution in [-0.4, -0.2) is 59.8 Å². The van der Waals surface area contributed by atoms with Gasteiger partial charge in [0.05, 0.1) is 24.9 Å².